The molecule has 0 radical (unpaired) electrons. The Kier molecular flexibility index (Phi) is 3.89. The predicted molar refractivity (Wildman–Crippen MR) is 82.0 cm³/mol. The second-order valence-electron chi connectivity index (χ2n) is 6.49. The van der Waals surface area contributed by atoms with Gasteiger partial charge in [-0.3, -0.25) is 0 Å². The molecule has 1 aromatic carbocycles. The molecule has 1 aromatic rings. The van der Waals surface area contributed by atoms with Gasteiger partial charge in [-0.05, 0) is 47.9 Å². The zero-order chi connectivity index (χ0) is 13.5. The van der Waals surface area contributed by atoms with E-state index in [9.17, 15) is 0 Å². The van der Waals surface area contributed by atoms with Crippen LogP contribution in [-0.2, 0) is 0 Å². The van der Waals surface area contributed by atoms with Crippen molar-refractivity contribution < 1.29 is 0 Å². The molecule has 1 aliphatic carbocycles. The molecule has 1 aliphatic rings. The summed E-state index contributed by atoms with van der Waals surface area (Å²) in [6.45, 7) is 12.5. The van der Waals surface area contributed by atoms with Gasteiger partial charge in [-0.15, -0.1) is 0 Å². The quantitative estimate of drug-likeness (QED) is 0.863. The molecule has 1 fully saturated rings. The maximum Gasteiger partial charge on any atom is 0.0213 e. The number of halogens is 1. The lowest BCUT2D eigenvalue weighted by Gasteiger charge is -2.08. The number of hydrogen-bond acceptors (Lipinski definition) is 1. The molecule has 1 saturated carbocycles. The van der Waals surface area contributed by atoms with Gasteiger partial charge in [0.05, 0.1) is 0 Å². The third-order valence-electron chi connectivity index (χ3n) is 4.29. The van der Waals surface area contributed by atoms with Gasteiger partial charge in [-0.25, -0.2) is 0 Å². The molecule has 0 bridgehead atoms. The largest absolute Gasteiger partial charge is 0.314 e. The zero-order valence-electron chi connectivity index (χ0n) is 12.0. The standard InChI is InChI=1S/C16H24BrN/c1-10(2)18-9-13-15(16(13,4)5)12-7-6-11(3)8-14(12)17/h6-8,10,13,15,18H,9H2,1-5H3. The molecule has 0 aromatic heterocycles. The predicted octanol–water partition coefficient (Wildman–Crippen LogP) is 4.50. The summed E-state index contributed by atoms with van der Waals surface area (Å²) in [6.07, 6.45) is 0. The van der Waals surface area contributed by atoms with Crippen molar-refractivity contribution in [2.45, 2.75) is 46.6 Å². The van der Waals surface area contributed by atoms with E-state index in [2.05, 4.69) is 74.1 Å². The summed E-state index contributed by atoms with van der Waals surface area (Å²) in [4.78, 5) is 0. The second-order valence-corrected chi connectivity index (χ2v) is 7.35. The van der Waals surface area contributed by atoms with Crippen molar-refractivity contribution in [3.8, 4) is 0 Å². The van der Waals surface area contributed by atoms with E-state index in [0.29, 0.717) is 17.4 Å². The molecule has 0 aliphatic heterocycles. The Bertz CT molecular complexity index is 437. The minimum atomic E-state index is 0.416. The van der Waals surface area contributed by atoms with E-state index in [0.717, 1.165) is 12.5 Å². The van der Waals surface area contributed by atoms with E-state index in [1.54, 1.807) is 0 Å². The van der Waals surface area contributed by atoms with Crippen LogP contribution in [0.3, 0.4) is 0 Å². The maximum atomic E-state index is 3.73. The normalized spacial score (nSPS) is 25.5. The van der Waals surface area contributed by atoms with E-state index < -0.39 is 0 Å². The molecular formula is C16H24BrN. The van der Waals surface area contributed by atoms with E-state index >= 15 is 0 Å². The van der Waals surface area contributed by atoms with Crippen LogP contribution in [0.2, 0.25) is 0 Å². The summed E-state index contributed by atoms with van der Waals surface area (Å²) in [5, 5.41) is 3.58. The minimum absolute atomic E-state index is 0.416. The van der Waals surface area contributed by atoms with Gasteiger partial charge in [0.2, 0.25) is 0 Å². The molecule has 0 spiro atoms. The van der Waals surface area contributed by atoms with Gasteiger partial charge < -0.3 is 5.32 Å². The third-order valence-corrected chi connectivity index (χ3v) is 4.97. The summed E-state index contributed by atoms with van der Waals surface area (Å²) < 4.78 is 1.27. The van der Waals surface area contributed by atoms with Gasteiger partial charge in [0.25, 0.3) is 0 Å². The van der Waals surface area contributed by atoms with E-state index in [-0.39, 0.29) is 0 Å². The smallest absolute Gasteiger partial charge is 0.0213 e. The Morgan fingerprint density at radius 2 is 2.00 bits per heavy atom. The Morgan fingerprint density at radius 3 is 2.56 bits per heavy atom. The van der Waals surface area contributed by atoms with Gasteiger partial charge >= 0.3 is 0 Å². The van der Waals surface area contributed by atoms with Crippen molar-refractivity contribution in [1.29, 1.82) is 0 Å². The lowest BCUT2D eigenvalue weighted by Crippen LogP contribution is -2.26. The zero-order valence-corrected chi connectivity index (χ0v) is 13.6. The van der Waals surface area contributed by atoms with Crippen molar-refractivity contribution >= 4 is 15.9 Å². The van der Waals surface area contributed by atoms with Gasteiger partial charge in [0, 0.05) is 10.5 Å². The Morgan fingerprint density at radius 1 is 1.33 bits per heavy atom. The molecule has 2 heteroatoms. The van der Waals surface area contributed by atoms with Crippen molar-refractivity contribution in [2.75, 3.05) is 6.54 Å². The van der Waals surface area contributed by atoms with Crippen molar-refractivity contribution in [3.05, 3.63) is 33.8 Å². The average molecular weight is 310 g/mol. The summed E-state index contributed by atoms with van der Waals surface area (Å²) in [5.74, 6) is 1.43. The van der Waals surface area contributed by atoms with Crippen molar-refractivity contribution in [3.63, 3.8) is 0 Å². The molecule has 0 amide bonds. The van der Waals surface area contributed by atoms with Crippen LogP contribution >= 0.6 is 15.9 Å². The van der Waals surface area contributed by atoms with Gasteiger partial charge in [-0.2, -0.15) is 0 Å². The monoisotopic (exact) mass is 309 g/mol. The fourth-order valence-electron chi connectivity index (χ4n) is 2.99. The van der Waals surface area contributed by atoms with Crippen molar-refractivity contribution in [1.82, 2.24) is 5.32 Å². The molecule has 18 heavy (non-hydrogen) atoms. The fourth-order valence-corrected chi connectivity index (χ4v) is 3.73. The van der Waals surface area contributed by atoms with Gasteiger partial charge in [0.1, 0.15) is 0 Å². The second kappa shape index (κ2) is 4.97. The first kappa shape index (κ1) is 14.1. The number of nitrogens with one attached hydrogen (secondary N) is 1. The molecule has 2 unspecified atom stereocenters. The highest BCUT2D eigenvalue weighted by atomic mass is 79.9. The van der Waals surface area contributed by atoms with Gasteiger partial charge in [-0.1, -0.05) is 55.8 Å². The van der Waals surface area contributed by atoms with Crippen LogP contribution in [0.4, 0.5) is 0 Å². The summed E-state index contributed by atoms with van der Waals surface area (Å²) in [7, 11) is 0. The SMILES string of the molecule is Cc1ccc(C2C(CNC(C)C)C2(C)C)c(Br)c1. The number of rotatable bonds is 4. The molecule has 2 atom stereocenters. The molecule has 0 heterocycles. The van der Waals surface area contributed by atoms with Crippen LogP contribution in [0.15, 0.2) is 22.7 Å². The third kappa shape index (κ3) is 2.65. The summed E-state index contributed by atoms with van der Waals surface area (Å²) in [5.41, 5.74) is 3.21. The number of hydrogen-bond donors (Lipinski definition) is 1. The first-order valence-corrected chi connectivity index (χ1v) is 7.62. The number of aryl methyl sites for hydroxylation is 1. The minimum Gasteiger partial charge on any atom is -0.314 e. The van der Waals surface area contributed by atoms with Crippen LogP contribution in [0, 0.1) is 18.3 Å². The van der Waals surface area contributed by atoms with Crippen LogP contribution in [0.5, 0.6) is 0 Å². The lowest BCUT2D eigenvalue weighted by atomic mass is 10.0. The lowest BCUT2D eigenvalue weighted by molar-refractivity contribution is 0.491. The highest BCUT2D eigenvalue weighted by Crippen LogP contribution is 2.65. The van der Waals surface area contributed by atoms with Gasteiger partial charge in [0.15, 0.2) is 0 Å². The Balaban J connectivity index is 2.14. The molecule has 100 valence electrons. The van der Waals surface area contributed by atoms with E-state index in [4.69, 9.17) is 0 Å². The Labute approximate surface area is 119 Å². The molecule has 1 N–H and O–H groups in total. The topological polar surface area (TPSA) is 12.0 Å². The summed E-state index contributed by atoms with van der Waals surface area (Å²) >= 11 is 3.73. The maximum absolute atomic E-state index is 3.73. The molecular weight excluding hydrogens is 286 g/mol. The van der Waals surface area contributed by atoms with Crippen molar-refractivity contribution in [2.24, 2.45) is 11.3 Å². The van der Waals surface area contributed by atoms with E-state index in [1.807, 2.05) is 0 Å². The summed E-state index contributed by atoms with van der Waals surface area (Å²) in [6, 6.07) is 7.32. The van der Waals surface area contributed by atoms with Crippen LogP contribution < -0.4 is 5.32 Å². The van der Waals surface area contributed by atoms with Crippen LogP contribution in [-0.4, -0.2) is 12.6 Å². The molecule has 2 rings (SSSR count). The van der Waals surface area contributed by atoms with E-state index in [1.165, 1.54) is 15.6 Å². The first-order valence-electron chi connectivity index (χ1n) is 6.83. The highest BCUT2D eigenvalue weighted by molar-refractivity contribution is 9.10. The first-order chi connectivity index (χ1) is 8.34. The molecule has 0 saturated heterocycles. The van der Waals surface area contributed by atoms with Crippen LogP contribution in [0.25, 0.3) is 0 Å². The average Bonchev–Trinajstić information content (AvgIpc) is 2.77. The highest BCUT2D eigenvalue weighted by Gasteiger charge is 2.58. The van der Waals surface area contributed by atoms with Crippen LogP contribution in [0.1, 0.15) is 44.7 Å². The Hall–Kier alpha value is -0.340. The fraction of sp³-hybridized carbons (Fsp3) is 0.625. The number of benzene rings is 1. The molecule has 1 nitrogen and oxygen atoms in total.